The van der Waals surface area contributed by atoms with Gasteiger partial charge in [0, 0.05) is 48.0 Å². The fourth-order valence-electron chi connectivity index (χ4n) is 9.95. The van der Waals surface area contributed by atoms with Crippen molar-refractivity contribution >= 4 is 103 Å². The minimum absolute atomic E-state index is 1.11. The number of fused-ring (bicyclic) bond motifs is 11. The lowest BCUT2D eigenvalue weighted by Crippen LogP contribution is -2.10. The Labute approximate surface area is 368 Å². The molecule has 0 aliphatic heterocycles. The Morgan fingerprint density at radius 3 is 1.76 bits per heavy atom. The standard InChI is InChI=1S/C60H38N2S/c1-2-11-39(12-3-1)41-23-31-48(32-24-41)62-54-36-33-49(38-53(54)58-50-17-8-6-14-43(50)28-35-56(58)62)61(47-29-25-42(26-30-47)46-22-21-40-13-4-5-16-45(40)37-46)55-19-10-20-57-59(55)52-34-27-44-15-7-9-18-51(44)60(52)63-57/h1-38H. The molecule has 0 spiro atoms. The van der Waals surface area contributed by atoms with E-state index in [1.54, 1.807) is 0 Å². The van der Waals surface area contributed by atoms with Gasteiger partial charge in [0.15, 0.2) is 0 Å². The molecule has 0 atom stereocenters. The average Bonchev–Trinajstić information content (AvgIpc) is 3.91. The van der Waals surface area contributed by atoms with Gasteiger partial charge in [-0.3, -0.25) is 0 Å². The highest BCUT2D eigenvalue weighted by molar-refractivity contribution is 7.26. The number of hydrogen-bond acceptors (Lipinski definition) is 2. The highest BCUT2D eigenvalue weighted by atomic mass is 32.1. The molecule has 63 heavy (non-hydrogen) atoms. The first-order chi connectivity index (χ1) is 31.2. The zero-order valence-corrected chi connectivity index (χ0v) is 35.1. The summed E-state index contributed by atoms with van der Waals surface area (Å²) < 4.78 is 5.04. The maximum atomic E-state index is 2.48. The average molecular weight is 819 g/mol. The lowest BCUT2D eigenvalue weighted by Gasteiger charge is -2.27. The normalized spacial score (nSPS) is 11.8. The van der Waals surface area contributed by atoms with Crippen molar-refractivity contribution in [2.75, 3.05) is 4.90 Å². The van der Waals surface area contributed by atoms with Gasteiger partial charge in [-0.25, -0.2) is 0 Å². The molecule has 2 nitrogen and oxygen atoms in total. The zero-order valence-electron chi connectivity index (χ0n) is 34.2. The summed E-state index contributed by atoms with van der Waals surface area (Å²) in [7, 11) is 0. The van der Waals surface area contributed by atoms with E-state index in [0.717, 1.165) is 22.7 Å². The van der Waals surface area contributed by atoms with E-state index in [2.05, 4.69) is 240 Å². The summed E-state index contributed by atoms with van der Waals surface area (Å²) in [5, 5.41) is 12.6. The Kier molecular flexibility index (Phi) is 8.12. The van der Waals surface area contributed by atoms with Gasteiger partial charge in [-0.2, -0.15) is 0 Å². The third kappa shape index (κ3) is 5.78. The molecule has 0 unspecified atom stereocenters. The van der Waals surface area contributed by atoms with Crippen LogP contribution in [0.25, 0.3) is 102 Å². The quantitative estimate of drug-likeness (QED) is 0.162. The first-order valence-electron chi connectivity index (χ1n) is 21.6. The van der Waals surface area contributed by atoms with E-state index in [0.29, 0.717) is 0 Å². The fourth-order valence-corrected chi connectivity index (χ4v) is 11.2. The smallest absolute Gasteiger partial charge is 0.0554 e. The first-order valence-corrected chi connectivity index (χ1v) is 22.4. The van der Waals surface area contributed by atoms with Gasteiger partial charge in [0.2, 0.25) is 0 Å². The Hall–Kier alpha value is -7.98. The minimum Gasteiger partial charge on any atom is -0.310 e. The van der Waals surface area contributed by atoms with Crippen LogP contribution in [0.4, 0.5) is 17.1 Å². The van der Waals surface area contributed by atoms with Crippen LogP contribution in [-0.2, 0) is 0 Å². The molecule has 2 heterocycles. The highest BCUT2D eigenvalue weighted by Crippen LogP contribution is 2.48. The molecule has 0 N–H and O–H groups in total. The molecule has 0 fully saturated rings. The van der Waals surface area contributed by atoms with Crippen LogP contribution in [0.2, 0.25) is 0 Å². The molecule has 0 amide bonds. The summed E-state index contributed by atoms with van der Waals surface area (Å²) in [6.45, 7) is 0. The maximum absolute atomic E-state index is 2.48. The molecule has 0 radical (unpaired) electrons. The lowest BCUT2D eigenvalue weighted by atomic mass is 10.00. The minimum atomic E-state index is 1.11. The van der Waals surface area contributed by atoms with E-state index >= 15 is 0 Å². The molecule has 0 saturated carbocycles. The molecule has 2 aromatic heterocycles. The van der Waals surface area contributed by atoms with Gasteiger partial charge < -0.3 is 9.47 Å². The molecule has 13 rings (SSSR count). The van der Waals surface area contributed by atoms with E-state index < -0.39 is 0 Å². The Balaban J connectivity index is 1.04. The van der Waals surface area contributed by atoms with E-state index in [9.17, 15) is 0 Å². The molecule has 13 aromatic rings. The van der Waals surface area contributed by atoms with Crippen LogP contribution in [0, 0.1) is 0 Å². The molecular formula is C60H38N2S. The van der Waals surface area contributed by atoms with Gasteiger partial charge in [-0.05, 0) is 121 Å². The van der Waals surface area contributed by atoms with Crippen molar-refractivity contribution in [2.45, 2.75) is 0 Å². The van der Waals surface area contributed by atoms with Crippen molar-refractivity contribution in [2.24, 2.45) is 0 Å². The summed E-state index contributed by atoms with van der Waals surface area (Å²) in [6.07, 6.45) is 0. The van der Waals surface area contributed by atoms with Gasteiger partial charge in [-0.15, -0.1) is 11.3 Å². The molecule has 0 aliphatic carbocycles. The van der Waals surface area contributed by atoms with Crippen LogP contribution in [0.1, 0.15) is 0 Å². The number of benzene rings is 11. The van der Waals surface area contributed by atoms with Crippen molar-refractivity contribution in [1.82, 2.24) is 4.57 Å². The number of hydrogen-bond donors (Lipinski definition) is 0. The number of aromatic nitrogens is 1. The predicted molar refractivity (Wildman–Crippen MR) is 272 cm³/mol. The van der Waals surface area contributed by atoms with E-state index in [1.165, 1.54) is 96.5 Å². The van der Waals surface area contributed by atoms with Crippen molar-refractivity contribution < 1.29 is 0 Å². The number of thiophene rings is 1. The van der Waals surface area contributed by atoms with Gasteiger partial charge in [0.25, 0.3) is 0 Å². The largest absolute Gasteiger partial charge is 0.310 e. The second kappa shape index (κ2) is 14.3. The Morgan fingerprint density at radius 2 is 0.937 bits per heavy atom. The van der Waals surface area contributed by atoms with E-state index in [4.69, 9.17) is 0 Å². The van der Waals surface area contributed by atoms with Crippen LogP contribution < -0.4 is 4.90 Å². The number of rotatable bonds is 6. The number of anilines is 3. The summed E-state index contributed by atoms with van der Waals surface area (Å²) in [4.78, 5) is 2.48. The third-order valence-electron chi connectivity index (χ3n) is 12.9. The van der Waals surface area contributed by atoms with Gasteiger partial charge >= 0.3 is 0 Å². The monoisotopic (exact) mass is 818 g/mol. The van der Waals surface area contributed by atoms with Crippen LogP contribution in [0.3, 0.4) is 0 Å². The summed E-state index contributed by atoms with van der Waals surface area (Å²) in [6, 6.07) is 84.8. The second-order valence-electron chi connectivity index (χ2n) is 16.5. The van der Waals surface area contributed by atoms with Crippen LogP contribution in [-0.4, -0.2) is 4.57 Å². The van der Waals surface area contributed by atoms with Crippen molar-refractivity contribution in [3.63, 3.8) is 0 Å². The molecule has 0 saturated heterocycles. The Bertz CT molecular complexity index is 3900. The third-order valence-corrected chi connectivity index (χ3v) is 14.1. The summed E-state index contributed by atoms with van der Waals surface area (Å²) in [5.41, 5.74) is 11.7. The lowest BCUT2D eigenvalue weighted by molar-refractivity contribution is 1.18. The van der Waals surface area contributed by atoms with Gasteiger partial charge in [0.05, 0.1) is 16.7 Å². The number of nitrogens with zero attached hydrogens (tertiary/aromatic N) is 2. The molecular weight excluding hydrogens is 781 g/mol. The van der Waals surface area contributed by atoms with Crippen LogP contribution in [0.5, 0.6) is 0 Å². The van der Waals surface area contributed by atoms with Crippen molar-refractivity contribution in [3.8, 4) is 27.9 Å². The SMILES string of the molecule is c1ccc(-c2ccc(-n3c4ccc(N(c5ccc(-c6ccc7ccccc7c6)cc5)c5cccc6sc7c8ccccc8ccc7c56)cc4c4c5ccccc5ccc43)cc2)cc1. The predicted octanol–water partition coefficient (Wildman–Crippen LogP) is 17.4. The second-order valence-corrected chi connectivity index (χ2v) is 17.5. The Morgan fingerprint density at radius 1 is 0.333 bits per heavy atom. The van der Waals surface area contributed by atoms with Gasteiger partial charge in [0.1, 0.15) is 0 Å². The van der Waals surface area contributed by atoms with Gasteiger partial charge in [-0.1, -0.05) is 164 Å². The first kappa shape index (κ1) is 35.7. The van der Waals surface area contributed by atoms with E-state index in [1.807, 2.05) is 11.3 Å². The molecule has 0 bridgehead atoms. The topological polar surface area (TPSA) is 8.17 Å². The van der Waals surface area contributed by atoms with Crippen LogP contribution in [0.15, 0.2) is 231 Å². The molecule has 11 aromatic carbocycles. The summed E-state index contributed by atoms with van der Waals surface area (Å²) in [5.74, 6) is 0. The summed E-state index contributed by atoms with van der Waals surface area (Å²) >= 11 is 1.89. The van der Waals surface area contributed by atoms with Crippen molar-refractivity contribution in [1.29, 1.82) is 0 Å². The van der Waals surface area contributed by atoms with Crippen molar-refractivity contribution in [3.05, 3.63) is 231 Å². The maximum Gasteiger partial charge on any atom is 0.0554 e. The van der Waals surface area contributed by atoms with Crippen LogP contribution >= 0.6 is 11.3 Å². The zero-order chi connectivity index (χ0) is 41.4. The molecule has 3 heteroatoms. The molecule has 294 valence electrons. The fraction of sp³-hybridized carbons (Fsp3) is 0. The van der Waals surface area contributed by atoms with E-state index in [-0.39, 0.29) is 0 Å². The highest BCUT2D eigenvalue weighted by Gasteiger charge is 2.22. The molecule has 0 aliphatic rings.